The van der Waals surface area contributed by atoms with Gasteiger partial charge in [0.05, 0.1) is 11.9 Å². The van der Waals surface area contributed by atoms with E-state index in [-0.39, 0.29) is 5.91 Å². The van der Waals surface area contributed by atoms with Gasteiger partial charge in [0.2, 0.25) is 0 Å². The van der Waals surface area contributed by atoms with Crippen molar-refractivity contribution in [3.05, 3.63) is 46.7 Å². The van der Waals surface area contributed by atoms with E-state index in [1.54, 1.807) is 18.0 Å². The second-order valence-electron chi connectivity index (χ2n) is 3.99. The molecule has 0 saturated heterocycles. The second kappa shape index (κ2) is 5.10. The summed E-state index contributed by atoms with van der Waals surface area (Å²) < 4.78 is 0. The molecule has 1 aromatic carbocycles. The van der Waals surface area contributed by atoms with Gasteiger partial charge in [0.15, 0.2) is 0 Å². The van der Waals surface area contributed by atoms with E-state index in [9.17, 15) is 4.79 Å². The van der Waals surface area contributed by atoms with Crippen LogP contribution in [0.4, 0.5) is 5.69 Å². The van der Waals surface area contributed by atoms with Crippen molar-refractivity contribution in [2.75, 3.05) is 12.8 Å². The lowest BCUT2D eigenvalue weighted by atomic mass is 10.2. The van der Waals surface area contributed by atoms with E-state index in [1.165, 1.54) is 6.20 Å². The molecule has 0 spiro atoms. The number of nitrogens with one attached hydrogen (secondary N) is 1. The Bertz CT molecular complexity index is 567. The summed E-state index contributed by atoms with van der Waals surface area (Å²) in [5.74, 6) is -0.204. The molecule has 1 amide bonds. The monoisotopic (exact) mass is 264 g/mol. The van der Waals surface area contributed by atoms with Crippen LogP contribution in [0.25, 0.3) is 0 Å². The van der Waals surface area contributed by atoms with Crippen LogP contribution < -0.4 is 5.73 Å². The fourth-order valence-electron chi connectivity index (χ4n) is 1.64. The highest BCUT2D eigenvalue weighted by Crippen LogP contribution is 2.14. The van der Waals surface area contributed by atoms with Gasteiger partial charge in [0.25, 0.3) is 5.91 Å². The molecule has 0 fully saturated rings. The highest BCUT2D eigenvalue weighted by Gasteiger charge is 2.16. The Morgan fingerprint density at radius 2 is 2.33 bits per heavy atom. The van der Waals surface area contributed by atoms with Crippen LogP contribution in [0.3, 0.4) is 0 Å². The molecule has 0 unspecified atom stereocenters. The van der Waals surface area contributed by atoms with Crippen LogP contribution in [0.2, 0.25) is 5.02 Å². The van der Waals surface area contributed by atoms with Crippen molar-refractivity contribution in [2.45, 2.75) is 6.54 Å². The van der Waals surface area contributed by atoms with Crippen LogP contribution in [-0.2, 0) is 6.54 Å². The first-order valence-corrected chi connectivity index (χ1v) is 5.74. The SMILES string of the molecule is CN(Cc1cccc(Cl)c1)C(=O)c1[nH]ncc1N. The van der Waals surface area contributed by atoms with Gasteiger partial charge in [0, 0.05) is 18.6 Å². The number of hydrogen-bond acceptors (Lipinski definition) is 3. The third kappa shape index (κ3) is 2.62. The predicted octanol–water partition coefficient (Wildman–Crippen LogP) is 1.92. The number of aromatic amines is 1. The summed E-state index contributed by atoms with van der Waals surface area (Å²) in [5, 5.41) is 6.97. The minimum Gasteiger partial charge on any atom is -0.396 e. The summed E-state index contributed by atoms with van der Waals surface area (Å²) in [6, 6.07) is 7.37. The number of H-pyrrole nitrogens is 1. The molecule has 5 nitrogen and oxygen atoms in total. The van der Waals surface area contributed by atoms with Gasteiger partial charge in [-0.1, -0.05) is 23.7 Å². The molecule has 0 aliphatic carbocycles. The molecule has 0 atom stereocenters. The van der Waals surface area contributed by atoms with Crippen molar-refractivity contribution in [1.29, 1.82) is 0 Å². The van der Waals surface area contributed by atoms with Crippen molar-refractivity contribution in [3.63, 3.8) is 0 Å². The maximum atomic E-state index is 12.1. The molecule has 0 bridgehead atoms. The van der Waals surface area contributed by atoms with Crippen molar-refractivity contribution in [2.24, 2.45) is 0 Å². The number of benzene rings is 1. The van der Waals surface area contributed by atoms with Crippen LogP contribution in [0.1, 0.15) is 16.1 Å². The molecule has 1 aromatic heterocycles. The van der Waals surface area contributed by atoms with E-state index < -0.39 is 0 Å². The van der Waals surface area contributed by atoms with Gasteiger partial charge in [-0.25, -0.2) is 0 Å². The van der Waals surface area contributed by atoms with Crippen LogP contribution in [0.15, 0.2) is 30.5 Å². The number of amides is 1. The van der Waals surface area contributed by atoms with Gasteiger partial charge in [0.1, 0.15) is 5.69 Å². The van der Waals surface area contributed by atoms with Gasteiger partial charge >= 0.3 is 0 Å². The molecule has 0 radical (unpaired) electrons. The highest BCUT2D eigenvalue weighted by atomic mass is 35.5. The molecule has 0 aliphatic heterocycles. The summed E-state index contributed by atoms with van der Waals surface area (Å²) in [6.45, 7) is 0.456. The summed E-state index contributed by atoms with van der Waals surface area (Å²) in [5.41, 5.74) is 7.24. The van der Waals surface area contributed by atoms with E-state index in [2.05, 4.69) is 10.2 Å². The number of rotatable bonds is 3. The predicted molar refractivity (Wildman–Crippen MR) is 70.2 cm³/mol. The van der Waals surface area contributed by atoms with Gasteiger partial charge < -0.3 is 10.6 Å². The zero-order chi connectivity index (χ0) is 13.1. The molecule has 18 heavy (non-hydrogen) atoms. The Kier molecular flexibility index (Phi) is 3.53. The minimum absolute atomic E-state index is 0.204. The number of carbonyl (C=O) groups excluding carboxylic acids is 1. The lowest BCUT2D eigenvalue weighted by molar-refractivity contribution is 0.0780. The van der Waals surface area contributed by atoms with Crippen molar-refractivity contribution in [1.82, 2.24) is 15.1 Å². The van der Waals surface area contributed by atoms with E-state index in [0.29, 0.717) is 22.9 Å². The minimum atomic E-state index is -0.204. The number of nitrogens with two attached hydrogens (primary N) is 1. The summed E-state index contributed by atoms with van der Waals surface area (Å²) in [6.07, 6.45) is 1.42. The molecule has 1 heterocycles. The van der Waals surface area contributed by atoms with Crippen LogP contribution >= 0.6 is 11.6 Å². The lowest BCUT2D eigenvalue weighted by Gasteiger charge is -2.16. The molecular weight excluding hydrogens is 252 g/mol. The first kappa shape index (κ1) is 12.4. The van der Waals surface area contributed by atoms with Gasteiger partial charge in [-0.15, -0.1) is 0 Å². The molecule has 2 aromatic rings. The quantitative estimate of drug-likeness (QED) is 0.889. The number of halogens is 1. The molecule has 0 saturated carbocycles. The average Bonchev–Trinajstić information content (AvgIpc) is 2.74. The number of hydrogen-bond donors (Lipinski definition) is 2. The smallest absolute Gasteiger partial charge is 0.274 e. The Morgan fingerprint density at radius 3 is 2.94 bits per heavy atom. The third-order valence-electron chi connectivity index (χ3n) is 2.54. The first-order chi connectivity index (χ1) is 8.58. The third-order valence-corrected chi connectivity index (χ3v) is 2.77. The number of nitrogens with zero attached hydrogens (tertiary/aromatic N) is 2. The van der Waals surface area contributed by atoms with Crippen LogP contribution in [0.5, 0.6) is 0 Å². The lowest BCUT2D eigenvalue weighted by Crippen LogP contribution is -2.27. The Balaban J connectivity index is 2.11. The van der Waals surface area contributed by atoms with Crippen molar-refractivity contribution >= 4 is 23.2 Å². The molecule has 3 N–H and O–H groups in total. The maximum Gasteiger partial charge on any atom is 0.274 e. The molecule has 0 aliphatic rings. The fourth-order valence-corrected chi connectivity index (χ4v) is 1.85. The number of anilines is 1. The second-order valence-corrected chi connectivity index (χ2v) is 4.43. The molecular formula is C12H13ClN4O. The standard InChI is InChI=1S/C12H13ClN4O/c1-17(7-8-3-2-4-9(13)5-8)12(18)11-10(14)6-15-16-11/h2-6H,7,14H2,1H3,(H,15,16). The number of carbonyl (C=O) groups is 1. The zero-order valence-electron chi connectivity index (χ0n) is 9.85. The summed E-state index contributed by atoms with van der Waals surface area (Å²) in [4.78, 5) is 13.6. The largest absolute Gasteiger partial charge is 0.396 e. The van der Waals surface area contributed by atoms with E-state index in [0.717, 1.165) is 5.56 Å². The van der Waals surface area contributed by atoms with E-state index in [1.807, 2.05) is 18.2 Å². The zero-order valence-corrected chi connectivity index (χ0v) is 10.6. The number of nitrogen functional groups attached to an aromatic ring is 1. The highest BCUT2D eigenvalue weighted by molar-refractivity contribution is 6.30. The molecule has 6 heteroatoms. The van der Waals surface area contributed by atoms with Crippen molar-refractivity contribution in [3.8, 4) is 0 Å². The van der Waals surface area contributed by atoms with Gasteiger partial charge in [-0.2, -0.15) is 5.10 Å². The average molecular weight is 265 g/mol. The van der Waals surface area contributed by atoms with Crippen LogP contribution in [0, 0.1) is 0 Å². The summed E-state index contributed by atoms with van der Waals surface area (Å²) >= 11 is 5.89. The summed E-state index contributed by atoms with van der Waals surface area (Å²) in [7, 11) is 1.70. The molecule has 94 valence electrons. The van der Waals surface area contributed by atoms with E-state index in [4.69, 9.17) is 17.3 Å². The van der Waals surface area contributed by atoms with Gasteiger partial charge in [-0.3, -0.25) is 9.89 Å². The fraction of sp³-hybridized carbons (Fsp3) is 0.167. The topological polar surface area (TPSA) is 75.0 Å². The Hall–Kier alpha value is -2.01. The number of aromatic nitrogens is 2. The Morgan fingerprint density at radius 1 is 1.56 bits per heavy atom. The normalized spacial score (nSPS) is 10.3. The van der Waals surface area contributed by atoms with Crippen LogP contribution in [-0.4, -0.2) is 28.1 Å². The maximum absolute atomic E-state index is 12.1. The first-order valence-electron chi connectivity index (χ1n) is 5.36. The van der Waals surface area contributed by atoms with Gasteiger partial charge in [-0.05, 0) is 17.7 Å². The Labute approximate surface area is 110 Å². The van der Waals surface area contributed by atoms with E-state index >= 15 is 0 Å². The molecule has 2 rings (SSSR count). The van der Waals surface area contributed by atoms with Crippen molar-refractivity contribution < 1.29 is 4.79 Å².